The van der Waals surface area contributed by atoms with E-state index in [4.69, 9.17) is 4.74 Å². The average Bonchev–Trinajstić information content (AvgIpc) is 3.36. The van der Waals surface area contributed by atoms with Gasteiger partial charge in [0.2, 0.25) is 0 Å². The minimum absolute atomic E-state index is 0.294. The number of hydrogen-bond donors (Lipinski definition) is 1. The van der Waals surface area contributed by atoms with Crippen LogP contribution in [-0.2, 0) is 17.6 Å². The highest BCUT2D eigenvalue weighted by atomic mass is 16.5. The van der Waals surface area contributed by atoms with Gasteiger partial charge in [0.25, 0.3) is 0 Å². The Morgan fingerprint density at radius 3 is 2.41 bits per heavy atom. The second-order valence-electron chi connectivity index (χ2n) is 8.78. The van der Waals surface area contributed by atoms with Gasteiger partial charge in [-0.3, -0.25) is 4.90 Å². The van der Waals surface area contributed by atoms with E-state index >= 15 is 0 Å². The number of piperidine rings is 1. The molecule has 150 valence electrons. The molecule has 2 aliphatic heterocycles. The number of fused-ring (bicyclic) bond motifs is 1. The summed E-state index contributed by atoms with van der Waals surface area (Å²) in [5, 5.41) is 9.25. The molecule has 0 aromatic heterocycles. The number of benzene rings is 1. The van der Waals surface area contributed by atoms with E-state index in [0.717, 1.165) is 38.1 Å². The second-order valence-corrected chi connectivity index (χ2v) is 8.78. The highest BCUT2D eigenvalue weighted by Gasteiger charge is 2.30. The summed E-state index contributed by atoms with van der Waals surface area (Å²) in [7, 11) is 0. The summed E-state index contributed by atoms with van der Waals surface area (Å²) >= 11 is 0. The van der Waals surface area contributed by atoms with Crippen LogP contribution in [0.4, 0.5) is 0 Å². The van der Waals surface area contributed by atoms with Crippen molar-refractivity contribution in [2.45, 2.75) is 57.1 Å². The maximum Gasteiger partial charge on any atom is 0.0702 e. The smallest absolute Gasteiger partial charge is 0.0702 e. The molecular formula is C23H36N2O2. The zero-order chi connectivity index (χ0) is 18.5. The number of hydrogen-bond acceptors (Lipinski definition) is 4. The molecule has 2 fully saturated rings. The minimum atomic E-state index is 0.294. The molecule has 1 atom stereocenters. The quantitative estimate of drug-likeness (QED) is 0.761. The van der Waals surface area contributed by atoms with Gasteiger partial charge in [-0.05, 0) is 75.1 Å². The topological polar surface area (TPSA) is 35.9 Å². The summed E-state index contributed by atoms with van der Waals surface area (Å²) < 4.78 is 5.86. The summed E-state index contributed by atoms with van der Waals surface area (Å²) in [6.45, 7) is 6.96. The fourth-order valence-corrected chi connectivity index (χ4v) is 5.29. The largest absolute Gasteiger partial charge is 0.396 e. The molecule has 2 saturated heterocycles. The van der Waals surface area contributed by atoms with Crippen LogP contribution in [0, 0.1) is 5.92 Å². The van der Waals surface area contributed by atoms with Crippen molar-refractivity contribution in [2.75, 3.05) is 45.9 Å². The SMILES string of the molecule is OCCCN(CC1CCN(C2Cc3ccccc3C2)CC1)C[C@@H]1CCCO1. The van der Waals surface area contributed by atoms with Gasteiger partial charge in [0.1, 0.15) is 0 Å². The molecule has 0 radical (unpaired) electrons. The van der Waals surface area contributed by atoms with Gasteiger partial charge >= 0.3 is 0 Å². The van der Waals surface area contributed by atoms with Gasteiger partial charge in [-0.15, -0.1) is 0 Å². The molecule has 4 nitrogen and oxygen atoms in total. The van der Waals surface area contributed by atoms with E-state index in [-0.39, 0.29) is 0 Å². The average molecular weight is 373 g/mol. The fraction of sp³-hybridized carbons (Fsp3) is 0.739. The van der Waals surface area contributed by atoms with Crippen LogP contribution in [0.3, 0.4) is 0 Å². The number of nitrogens with zero attached hydrogens (tertiary/aromatic N) is 2. The zero-order valence-electron chi connectivity index (χ0n) is 16.7. The van der Waals surface area contributed by atoms with Gasteiger partial charge in [0, 0.05) is 38.9 Å². The Morgan fingerprint density at radius 2 is 1.78 bits per heavy atom. The lowest BCUT2D eigenvalue weighted by molar-refractivity contribution is 0.0547. The molecule has 4 heteroatoms. The molecule has 27 heavy (non-hydrogen) atoms. The molecule has 2 heterocycles. The van der Waals surface area contributed by atoms with Gasteiger partial charge in [0.05, 0.1) is 6.10 Å². The second kappa shape index (κ2) is 9.51. The number of aliphatic hydroxyl groups is 1. The summed E-state index contributed by atoms with van der Waals surface area (Å²) in [4.78, 5) is 5.31. The third-order valence-corrected chi connectivity index (χ3v) is 6.83. The molecule has 0 amide bonds. The first kappa shape index (κ1) is 19.4. The number of likely N-dealkylation sites (tertiary alicyclic amines) is 1. The van der Waals surface area contributed by atoms with Crippen molar-refractivity contribution in [3.8, 4) is 0 Å². The van der Waals surface area contributed by atoms with Crippen LogP contribution in [0.1, 0.15) is 43.2 Å². The molecule has 0 spiro atoms. The van der Waals surface area contributed by atoms with Gasteiger partial charge < -0.3 is 14.7 Å². The van der Waals surface area contributed by atoms with Gasteiger partial charge in [0.15, 0.2) is 0 Å². The van der Waals surface area contributed by atoms with E-state index in [0.29, 0.717) is 12.7 Å². The van der Waals surface area contributed by atoms with E-state index in [1.54, 1.807) is 11.1 Å². The Balaban J connectivity index is 1.24. The lowest BCUT2D eigenvalue weighted by Gasteiger charge is -2.38. The van der Waals surface area contributed by atoms with E-state index in [9.17, 15) is 5.11 Å². The standard InChI is InChI=1S/C23H36N2O2/c26-13-4-10-24(18-23-7-3-14-27-23)17-19-8-11-25(12-9-19)22-15-20-5-1-2-6-21(20)16-22/h1-2,5-6,19,22-23,26H,3-4,7-18H2/t23-/m0/s1. The summed E-state index contributed by atoms with van der Waals surface area (Å²) in [5.74, 6) is 0.796. The van der Waals surface area contributed by atoms with Crippen LogP contribution >= 0.6 is 0 Å². The Labute approximate surface area is 164 Å². The van der Waals surface area contributed by atoms with Crippen molar-refractivity contribution in [2.24, 2.45) is 5.92 Å². The van der Waals surface area contributed by atoms with E-state index in [2.05, 4.69) is 34.1 Å². The van der Waals surface area contributed by atoms with Crippen molar-refractivity contribution in [3.05, 3.63) is 35.4 Å². The van der Waals surface area contributed by atoms with Gasteiger partial charge in [-0.25, -0.2) is 0 Å². The van der Waals surface area contributed by atoms with E-state index in [1.165, 1.54) is 58.2 Å². The van der Waals surface area contributed by atoms with E-state index in [1.807, 2.05) is 0 Å². The highest BCUT2D eigenvalue weighted by Crippen LogP contribution is 2.29. The molecule has 3 aliphatic rings. The van der Waals surface area contributed by atoms with Crippen molar-refractivity contribution < 1.29 is 9.84 Å². The lowest BCUT2D eigenvalue weighted by Crippen LogP contribution is -2.45. The summed E-state index contributed by atoms with van der Waals surface area (Å²) in [6.07, 6.45) is 8.82. The normalized spacial score (nSPS) is 24.7. The molecule has 1 aliphatic carbocycles. The van der Waals surface area contributed by atoms with Crippen LogP contribution < -0.4 is 0 Å². The van der Waals surface area contributed by atoms with Crippen molar-refractivity contribution in [1.29, 1.82) is 0 Å². The van der Waals surface area contributed by atoms with Crippen LogP contribution in [0.2, 0.25) is 0 Å². The zero-order valence-corrected chi connectivity index (χ0v) is 16.7. The maximum atomic E-state index is 9.25. The molecule has 4 rings (SSSR count). The van der Waals surface area contributed by atoms with E-state index < -0.39 is 0 Å². The summed E-state index contributed by atoms with van der Waals surface area (Å²) in [5.41, 5.74) is 3.13. The minimum Gasteiger partial charge on any atom is -0.396 e. The molecular weight excluding hydrogens is 336 g/mol. The molecule has 1 N–H and O–H groups in total. The predicted molar refractivity (Wildman–Crippen MR) is 109 cm³/mol. The lowest BCUT2D eigenvalue weighted by atomic mass is 9.94. The van der Waals surface area contributed by atoms with Gasteiger partial charge in [-0.2, -0.15) is 0 Å². The fourth-order valence-electron chi connectivity index (χ4n) is 5.29. The Kier molecular flexibility index (Phi) is 6.82. The molecule has 1 aromatic rings. The Hall–Kier alpha value is -0.940. The third-order valence-electron chi connectivity index (χ3n) is 6.83. The van der Waals surface area contributed by atoms with Crippen molar-refractivity contribution in [1.82, 2.24) is 9.80 Å². The van der Waals surface area contributed by atoms with Crippen LogP contribution in [0.5, 0.6) is 0 Å². The molecule has 0 bridgehead atoms. The number of rotatable bonds is 8. The van der Waals surface area contributed by atoms with Crippen LogP contribution in [-0.4, -0.2) is 73.0 Å². The molecule has 0 saturated carbocycles. The Bertz CT molecular complexity index is 554. The third kappa shape index (κ3) is 5.11. The first-order valence-electron chi connectivity index (χ1n) is 11.1. The monoisotopic (exact) mass is 372 g/mol. The number of ether oxygens (including phenoxy) is 1. The number of aliphatic hydroxyl groups excluding tert-OH is 1. The van der Waals surface area contributed by atoms with Crippen LogP contribution in [0.25, 0.3) is 0 Å². The summed E-state index contributed by atoms with van der Waals surface area (Å²) in [6, 6.07) is 9.71. The van der Waals surface area contributed by atoms with Crippen molar-refractivity contribution in [3.63, 3.8) is 0 Å². The maximum absolute atomic E-state index is 9.25. The predicted octanol–water partition coefficient (Wildman–Crippen LogP) is 2.73. The van der Waals surface area contributed by atoms with Gasteiger partial charge in [-0.1, -0.05) is 24.3 Å². The van der Waals surface area contributed by atoms with Crippen molar-refractivity contribution >= 4 is 0 Å². The first-order chi connectivity index (χ1) is 13.3. The molecule has 1 aromatic carbocycles. The Morgan fingerprint density at radius 1 is 1.04 bits per heavy atom. The molecule has 0 unspecified atom stereocenters. The van der Waals surface area contributed by atoms with Crippen LogP contribution in [0.15, 0.2) is 24.3 Å². The first-order valence-corrected chi connectivity index (χ1v) is 11.1. The highest BCUT2D eigenvalue weighted by molar-refractivity contribution is 5.33.